The molecule has 2 aromatic carbocycles. The van der Waals surface area contributed by atoms with Crippen LogP contribution in [-0.2, 0) is 10.0 Å². The third kappa shape index (κ3) is 3.22. The molecule has 4 N–H and O–H groups in total. The van der Waals surface area contributed by atoms with Crippen LogP contribution in [0.4, 0.5) is 5.69 Å². The van der Waals surface area contributed by atoms with E-state index in [9.17, 15) is 23.1 Å². The highest BCUT2D eigenvalue weighted by Crippen LogP contribution is 2.29. The molecule has 4 aromatic rings. The number of anilines is 1. The summed E-state index contributed by atoms with van der Waals surface area (Å²) in [4.78, 5) is 28.9. The van der Waals surface area contributed by atoms with Crippen LogP contribution in [0.1, 0.15) is 10.5 Å². The molecule has 0 saturated heterocycles. The number of aromatic carboxylic acids is 1. The van der Waals surface area contributed by atoms with E-state index < -0.39 is 33.0 Å². The Labute approximate surface area is 166 Å². The average molecular weight is 429 g/mol. The summed E-state index contributed by atoms with van der Waals surface area (Å²) in [7, 11) is -4.18. The lowest BCUT2D eigenvalue weighted by Crippen LogP contribution is -2.17. The van der Waals surface area contributed by atoms with Crippen LogP contribution in [0.15, 0.2) is 56.8 Å². The molecule has 2 heterocycles. The summed E-state index contributed by atoms with van der Waals surface area (Å²) in [5.41, 5.74) is -1.63. The summed E-state index contributed by atoms with van der Waals surface area (Å²) in [6, 6.07) is 10.2. The number of aromatic nitrogens is 4. The summed E-state index contributed by atoms with van der Waals surface area (Å²) in [5, 5.41) is 25.9. The highest BCUT2D eigenvalue weighted by molar-refractivity contribution is 7.93. The Morgan fingerprint density at radius 2 is 1.87 bits per heavy atom. The van der Waals surface area contributed by atoms with Crippen molar-refractivity contribution in [3.63, 3.8) is 0 Å². The maximum atomic E-state index is 12.9. The Morgan fingerprint density at radius 3 is 2.63 bits per heavy atom. The maximum Gasteiger partial charge on any atom is 0.358 e. The number of hydrogen-bond donors (Lipinski definition) is 4. The Morgan fingerprint density at radius 1 is 1.10 bits per heavy atom. The van der Waals surface area contributed by atoms with Gasteiger partial charge < -0.3 is 15.2 Å². The fraction of sp³-hybridized carbons (Fsp3) is 0. The van der Waals surface area contributed by atoms with Crippen LogP contribution in [0.3, 0.4) is 0 Å². The molecule has 0 bridgehead atoms. The molecule has 30 heavy (non-hydrogen) atoms. The van der Waals surface area contributed by atoms with Gasteiger partial charge in [-0.3, -0.25) is 9.52 Å². The molecule has 0 aliphatic carbocycles. The smallest absolute Gasteiger partial charge is 0.358 e. The Hall–Kier alpha value is -4.26. The standard InChI is InChI=1S/C17H11N5O7S/c23-14-13(17(25)26)18-15(19-16(14)24)8-4-1-2-5-9(8)22-30(27,28)11-7-3-6-10-12(11)21-29-20-10/h1-7,22-23H,(H,25,26)(H,18,19,24). The predicted octanol–water partition coefficient (Wildman–Crippen LogP) is 1.18. The number of carboxylic acids is 1. The molecule has 2 aromatic heterocycles. The normalized spacial score (nSPS) is 11.5. The highest BCUT2D eigenvalue weighted by atomic mass is 32.2. The van der Waals surface area contributed by atoms with Gasteiger partial charge in [-0.2, -0.15) is 0 Å². The zero-order valence-electron chi connectivity index (χ0n) is 14.7. The Bertz CT molecular complexity index is 1460. The van der Waals surface area contributed by atoms with Crippen molar-refractivity contribution in [1.29, 1.82) is 0 Å². The fourth-order valence-electron chi connectivity index (χ4n) is 2.72. The average Bonchev–Trinajstić information content (AvgIpc) is 3.18. The van der Waals surface area contributed by atoms with Crippen molar-refractivity contribution in [1.82, 2.24) is 20.3 Å². The third-order valence-corrected chi connectivity index (χ3v) is 5.46. The minimum Gasteiger partial charge on any atom is -0.501 e. The predicted molar refractivity (Wildman–Crippen MR) is 102 cm³/mol. The second kappa shape index (κ2) is 6.97. The highest BCUT2D eigenvalue weighted by Gasteiger charge is 2.23. The number of aromatic hydroxyl groups is 1. The summed E-state index contributed by atoms with van der Waals surface area (Å²) >= 11 is 0. The zero-order valence-corrected chi connectivity index (χ0v) is 15.5. The number of H-pyrrole nitrogens is 1. The van der Waals surface area contributed by atoms with Crippen LogP contribution >= 0.6 is 0 Å². The Balaban J connectivity index is 1.83. The van der Waals surface area contributed by atoms with Crippen molar-refractivity contribution in [2.75, 3.05) is 4.72 Å². The van der Waals surface area contributed by atoms with Crippen molar-refractivity contribution < 1.29 is 28.1 Å². The number of rotatable bonds is 5. The van der Waals surface area contributed by atoms with Gasteiger partial charge in [-0.05, 0) is 34.6 Å². The molecule has 0 aliphatic heterocycles. The van der Waals surface area contributed by atoms with Gasteiger partial charge in [0.1, 0.15) is 16.2 Å². The molecule has 0 atom stereocenters. The van der Waals surface area contributed by atoms with E-state index in [-0.39, 0.29) is 33.0 Å². The number of sulfonamides is 1. The fourth-order valence-corrected chi connectivity index (χ4v) is 3.95. The van der Waals surface area contributed by atoms with Crippen LogP contribution in [0.2, 0.25) is 0 Å². The van der Waals surface area contributed by atoms with Gasteiger partial charge in [0, 0.05) is 5.56 Å². The number of benzene rings is 2. The largest absolute Gasteiger partial charge is 0.501 e. The second-order valence-electron chi connectivity index (χ2n) is 5.96. The van der Waals surface area contributed by atoms with E-state index in [2.05, 4.69) is 29.6 Å². The minimum atomic E-state index is -4.18. The van der Waals surface area contributed by atoms with E-state index >= 15 is 0 Å². The van der Waals surface area contributed by atoms with Crippen molar-refractivity contribution in [3.05, 3.63) is 58.5 Å². The van der Waals surface area contributed by atoms with Gasteiger partial charge in [0.15, 0.2) is 11.2 Å². The summed E-state index contributed by atoms with van der Waals surface area (Å²) in [6.45, 7) is 0. The van der Waals surface area contributed by atoms with Gasteiger partial charge in [0.25, 0.3) is 15.6 Å². The summed E-state index contributed by atoms with van der Waals surface area (Å²) < 4.78 is 32.8. The molecule has 4 rings (SSSR count). The number of carboxylic acid groups (broad SMARTS) is 1. The second-order valence-corrected chi connectivity index (χ2v) is 7.61. The first kappa shape index (κ1) is 19.1. The number of carbonyl (C=O) groups is 1. The number of fused-ring (bicyclic) bond motifs is 1. The van der Waals surface area contributed by atoms with E-state index in [4.69, 9.17) is 5.11 Å². The van der Waals surface area contributed by atoms with Crippen LogP contribution in [0.25, 0.3) is 22.4 Å². The molecule has 13 heteroatoms. The van der Waals surface area contributed by atoms with Gasteiger partial charge in [0.2, 0.25) is 5.75 Å². The lowest BCUT2D eigenvalue weighted by molar-refractivity contribution is 0.0686. The molecule has 0 saturated carbocycles. The summed E-state index contributed by atoms with van der Waals surface area (Å²) in [6.07, 6.45) is 0. The molecular weight excluding hydrogens is 418 g/mol. The van der Waals surface area contributed by atoms with Gasteiger partial charge in [0.05, 0.1) is 5.69 Å². The molecule has 0 aliphatic rings. The molecule has 12 nitrogen and oxygen atoms in total. The minimum absolute atomic E-state index is 0.00358. The Kier molecular flexibility index (Phi) is 4.43. The van der Waals surface area contributed by atoms with E-state index in [0.717, 1.165) is 0 Å². The van der Waals surface area contributed by atoms with Crippen molar-refractivity contribution >= 4 is 32.7 Å². The molecule has 0 spiro atoms. The molecule has 0 fully saturated rings. The number of aromatic amines is 1. The number of nitrogens with zero attached hydrogens (tertiary/aromatic N) is 3. The molecule has 152 valence electrons. The van der Waals surface area contributed by atoms with Crippen LogP contribution in [-0.4, -0.2) is 44.9 Å². The van der Waals surface area contributed by atoms with Crippen molar-refractivity contribution in [2.24, 2.45) is 0 Å². The van der Waals surface area contributed by atoms with Crippen molar-refractivity contribution in [2.45, 2.75) is 4.90 Å². The van der Waals surface area contributed by atoms with Crippen LogP contribution < -0.4 is 10.3 Å². The summed E-state index contributed by atoms with van der Waals surface area (Å²) in [5.74, 6) is -2.94. The molecule has 0 amide bonds. The van der Waals surface area contributed by atoms with E-state index in [0.29, 0.717) is 0 Å². The number of para-hydroxylation sites is 1. The first-order valence-corrected chi connectivity index (χ1v) is 9.66. The first-order chi connectivity index (χ1) is 14.3. The molecule has 0 radical (unpaired) electrons. The molecule has 0 unspecified atom stereocenters. The lowest BCUT2D eigenvalue weighted by atomic mass is 10.1. The first-order valence-electron chi connectivity index (χ1n) is 8.18. The van der Waals surface area contributed by atoms with Gasteiger partial charge >= 0.3 is 5.97 Å². The quantitative estimate of drug-likeness (QED) is 0.358. The lowest BCUT2D eigenvalue weighted by Gasteiger charge is -2.12. The maximum absolute atomic E-state index is 12.9. The van der Waals surface area contributed by atoms with Crippen LogP contribution in [0.5, 0.6) is 5.75 Å². The van der Waals surface area contributed by atoms with Gasteiger partial charge in [-0.25, -0.2) is 22.8 Å². The SMILES string of the molecule is O=C(O)c1nc(-c2ccccc2NS(=O)(=O)c2cccc3nonc23)[nH]c(=O)c1O. The topological polar surface area (TPSA) is 188 Å². The van der Waals surface area contributed by atoms with E-state index in [1.165, 1.54) is 42.5 Å². The van der Waals surface area contributed by atoms with Gasteiger partial charge in [-0.15, -0.1) is 0 Å². The van der Waals surface area contributed by atoms with E-state index in [1.807, 2.05) is 0 Å². The van der Waals surface area contributed by atoms with Crippen molar-refractivity contribution in [3.8, 4) is 17.1 Å². The molecular formula is C17H11N5O7S. The number of hydrogen-bond acceptors (Lipinski definition) is 9. The zero-order chi connectivity index (χ0) is 21.5. The van der Waals surface area contributed by atoms with Gasteiger partial charge in [-0.1, -0.05) is 18.2 Å². The van der Waals surface area contributed by atoms with E-state index in [1.54, 1.807) is 0 Å². The number of nitrogens with one attached hydrogen (secondary N) is 2. The monoisotopic (exact) mass is 429 g/mol. The van der Waals surface area contributed by atoms with Crippen LogP contribution in [0, 0.1) is 0 Å². The third-order valence-electron chi connectivity index (χ3n) is 4.06.